The van der Waals surface area contributed by atoms with Crippen LogP contribution in [-0.4, -0.2) is 61.1 Å². The van der Waals surface area contributed by atoms with Gasteiger partial charge in [-0.05, 0) is 56.5 Å². The molecule has 1 unspecified atom stereocenters. The first kappa shape index (κ1) is 30.3. The minimum absolute atomic E-state index is 0.00876. The molecule has 1 fully saturated rings. The number of hydrogen-bond donors (Lipinski definition) is 1. The summed E-state index contributed by atoms with van der Waals surface area (Å²) in [6, 6.07) is 2.59. The molecular weight excluding hydrogens is 542 g/mol. The Morgan fingerprint density at radius 3 is 2.52 bits per heavy atom. The lowest BCUT2D eigenvalue weighted by Crippen LogP contribution is -2.54. The van der Waals surface area contributed by atoms with E-state index >= 15 is 8.78 Å². The quantitative estimate of drug-likeness (QED) is 0.231. The largest absolute Gasteiger partial charge is 0.507 e. The number of allylic oxidation sites excluding steroid dienone is 4. The third kappa shape index (κ3) is 5.34. The van der Waals surface area contributed by atoms with Crippen molar-refractivity contribution in [3.63, 3.8) is 0 Å². The third-order valence-electron chi connectivity index (χ3n) is 7.29. The molecule has 1 aliphatic heterocycles. The van der Waals surface area contributed by atoms with E-state index in [1.807, 2.05) is 32.6 Å². The summed E-state index contributed by atoms with van der Waals surface area (Å²) < 4.78 is 32.2. The van der Waals surface area contributed by atoms with Crippen molar-refractivity contribution in [3.8, 4) is 5.69 Å². The summed E-state index contributed by atoms with van der Waals surface area (Å²) in [7, 11) is 0. The number of rotatable bonds is 7. The van der Waals surface area contributed by atoms with Crippen LogP contribution < -0.4 is 10.6 Å². The number of pyridine rings is 2. The minimum atomic E-state index is -0.934. The van der Waals surface area contributed by atoms with E-state index in [9.17, 15) is 14.7 Å². The highest BCUT2D eigenvalue weighted by Crippen LogP contribution is 2.34. The Bertz CT molecular complexity index is 1710. The van der Waals surface area contributed by atoms with Gasteiger partial charge in [0.2, 0.25) is 5.91 Å². The van der Waals surface area contributed by atoms with Gasteiger partial charge in [-0.2, -0.15) is 4.98 Å². The molecule has 42 heavy (non-hydrogen) atoms. The first-order chi connectivity index (χ1) is 19.9. The van der Waals surface area contributed by atoms with Crippen molar-refractivity contribution in [2.75, 3.05) is 24.5 Å². The Labute approximate surface area is 242 Å². The van der Waals surface area contributed by atoms with Crippen molar-refractivity contribution >= 4 is 28.3 Å². The van der Waals surface area contributed by atoms with E-state index in [-0.39, 0.29) is 34.7 Å². The number of aromatic nitrogens is 4. The second-order valence-corrected chi connectivity index (χ2v) is 10.4. The average molecular weight is 577 g/mol. The maximum absolute atomic E-state index is 15.9. The molecule has 9 nitrogen and oxygen atoms in total. The van der Waals surface area contributed by atoms with Gasteiger partial charge in [-0.3, -0.25) is 9.78 Å². The third-order valence-corrected chi connectivity index (χ3v) is 7.29. The highest BCUT2D eigenvalue weighted by molar-refractivity contribution is 5.92. The number of hydrogen-bond acceptors (Lipinski definition) is 7. The molecule has 0 bridgehead atoms. The standard InChI is InChI=1S/C31H34F2N6O3/c1-8-21(32)25(23(40)9-2)27-22(33)15-20-29(38-14-13-37(16-19(38)7)24(41)10-3)36-31(42)39(30(20)35-27)28-18(6)11-12-34-26(28)17(4)5/h8-12,15,17,19,40H,2-3,13-14,16H2,1,4-7H3/b21-8+,25-23-. The van der Waals surface area contributed by atoms with Crippen LogP contribution in [0.4, 0.5) is 14.6 Å². The highest BCUT2D eigenvalue weighted by atomic mass is 19.1. The van der Waals surface area contributed by atoms with Gasteiger partial charge in [0.15, 0.2) is 11.5 Å². The zero-order valence-electron chi connectivity index (χ0n) is 24.4. The van der Waals surface area contributed by atoms with Gasteiger partial charge in [-0.1, -0.05) is 33.1 Å². The molecule has 1 aliphatic rings. The number of fused-ring (bicyclic) bond motifs is 1. The molecule has 1 atom stereocenters. The van der Waals surface area contributed by atoms with Crippen molar-refractivity contribution in [1.82, 2.24) is 24.4 Å². The van der Waals surface area contributed by atoms with Crippen LogP contribution >= 0.6 is 0 Å². The number of halogens is 2. The predicted octanol–water partition coefficient (Wildman–Crippen LogP) is 5.30. The molecule has 4 rings (SSSR count). The normalized spacial score (nSPS) is 16.6. The monoisotopic (exact) mass is 576 g/mol. The number of aryl methyl sites for hydroxylation is 1. The Morgan fingerprint density at radius 2 is 1.93 bits per heavy atom. The Balaban J connectivity index is 2.11. The summed E-state index contributed by atoms with van der Waals surface area (Å²) in [5, 5.41) is 10.7. The lowest BCUT2D eigenvalue weighted by molar-refractivity contribution is -0.126. The van der Waals surface area contributed by atoms with Gasteiger partial charge in [0.1, 0.15) is 23.1 Å². The molecule has 4 heterocycles. The van der Waals surface area contributed by atoms with Gasteiger partial charge >= 0.3 is 5.69 Å². The number of piperazine rings is 1. The van der Waals surface area contributed by atoms with Crippen molar-refractivity contribution in [2.24, 2.45) is 0 Å². The lowest BCUT2D eigenvalue weighted by atomic mass is 10.0. The highest BCUT2D eigenvalue weighted by Gasteiger charge is 2.31. The molecular formula is C31H34F2N6O3. The second-order valence-electron chi connectivity index (χ2n) is 10.4. The first-order valence-electron chi connectivity index (χ1n) is 13.6. The summed E-state index contributed by atoms with van der Waals surface area (Å²) in [5.74, 6) is -2.60. The molecule has 220 valence electrons. The maximum atomic E-state index is 15.9. The van der Waals surface area contributed by atoms with E-state index in [2.05, 4.69) is 28.1 Å². The Kier molecular flexibility index (Phi) is 8.70. The summed E-state index contributed by atoms with van der Waals surface area (Å²) >= 11 is 0. The maximum Gasteiger partial charge on any atom is 0.355 e. The topological polar surface area (TPSA) is 104 Å². The molecule has 3 aromatic rings. The van der Waals surface area contributed by atoms with Crippen LogP contribution in [-0.2, 0) is 4.79 Å². The molecule has 3 aromatic heterocycles. The molecule has 1 saturated heterocycles. The van der Waals surface area contributed by atoms with Gasteiger partial charge in [0, 0.05) is 31.9 Å². The summed E-state index contributed by atoms with van der Waals surface area (Å²) in [5.41, 5.74) is 0.0513. The molecule has 11 heteroatoms. The van der Waals surface area contributed by atoms with E-state index in [1.54, 1.807) is 17.2 Å². The fourth-order valence-electron chi connectivity index (χ4n) is 5.19. The zero-order chi connectivity index (χ0) is 30.9. The van der Waals surface area contributed by atoms with E-state index in [0.29, 0.717) is 36.6 Å². The first-order valence-corrected chi connectivity index (χ1v) is 13.6. The van der Waals surface area contributed by atoms with Crippen molar-refractivity contribution in [1.29, 1.82) is 0 Å². The van der Waals surface area contributed by atoms with Crippen LogP contribution in [0.5, 0.6) is 0 Å². The van der Waals surface area contributed by atoms with E-state index in [0.717, 1.165) is 18.2 Å². The zero-order valence-corrected chi connectivity index (χ0v) is 24.4. The summed E-state index contributed by atoms with van der Waals surface area (Å²) in [4.78, 5) is 43.0. The molecule has 0 aromatic carbocycles. The predicted molar refractivity (Wildman–Crippen MR) is 160 cm³/mol. The number of aliphatic hydroxyl groups is 1. The lowest BCUT2D eigenvalue weighted by Gasteiger charge is -2.40. The molecule has 1 N–H and O–H groups in total. The van der Waals surface area contributed by atoms with Gasteiger partial charge < -0.3 is 14.9 Å². The van der Waals surface area contributed by atoms with Gasteiger partial charge in [0.25, 0.3) is 0 Å². The minimum Gasteiger partial charge on any atom is -0.507 e. The number of amides is 1. The van der Waals surface area contributed by atoms with Crippen LogP contribution in [0.1, 0.15) is 50.6 Å². The van der Waals surface area contributed by atoms with Crippen LogP contribution in [0.2, 0.25) is 0 Å². The van der Waals surface area contributed by atoms with Gasteiger partial charge in [0.05, 0.1) is 22.3 Å². The molecule has 0 radical (unpaired) electrons. The Morgan fingerprint density at radius 1 is 1.21 bits per heavy atom. The fourth-order valence-corrected chi connectivity index (χ4v) is 5.19. The van der Waals surface area contributed by atoms with Crippen LogP contribution in [0.3, 0.4) is 0 Å². The van der Waals surface area contributed by atoms with E-state index in [4.69, 9.17) is 0 Å². The van der Waals surface area contributed by atoms with Crippen LogP contribution in [0, 0.1) is 12.7 Å². The second kappa shape index (κ2) is 12.1. The van der Waals surface area contributed by atoms with Crippen molar-refractivity contribution in [2.45, 2.75) is 46.6 Å². The fraction of sp³-hybridized carbons (Fsp3) is 0.323. The SMILES string of the molecule is C=CC(=O)N1CCN(c2nc(=O)n(-c3c(C)ccnc3C(C)C)c3nc(C(/C(F)=C\C)=C(\O)C=C)c(F)cc23)C(C)C1. The molecule has 0 aliphatic carbocycles. The Hall–Kier alpha value is -4.67. The van der Waals surface area contributed by atoms with Crippen molar-refractivity contribution < 1.29 is 18.7 Å². The number of carbonyl (C=O) groups is 1. The van der Waals surface area contributed by atoms with E-state index in [1.165, 1.54) is 17.6 Å². The van der Waals surface area contributed by atoms with Gasteiger partial charge in [-0.15, -0.1) is 0 Å². The number of nitrogens with zero attached hydrogens (tertiary/aromatic N) is 6. The average Bonchev–Trinajstić information content (AvgIpc) is 2.97. The number of aliphatic hydroxyl groups excluding tert-OH is 1. The summed E-state index contributed by atoms with van der Waals surface area (Å²) in [6.07, 6.45) is 4.94. The van der Waals surface area contributed by atoms with Crippen LogP contribution in [0.15, 0.2) is 66.1 Å². The van der Waals surface area contributed by atoms with Crippen LogP contribution in [0.25, 0.3) is 22.3 Å². The van der Waals surface area contributed by atoms with Crippen molar-refractivity contribution in [3.05, 3.63) is 94.6 Å². The van der Waals surface area contributed by atoms with Gasteiger partial charge in [-0.25, -0.2) is 23.1 Å². The number of anilines is 1. The number of carbonyl (C=O) groups excluding carboxylic acids is 1. The summed E-state index contributed by atoms with van der Waals surface area (Å²) in [6.45, 7) is 16.9. The molecule has 0 saturated carbocycles. The van der Waals surface area contributed by atoms with E-state index < -0.39 is 34.4 Å². The molecule has 1 amide bonds. The smallest absolute Gasteiger partial charge is 0.355 e. The molecule has 0 spiro atoms.